The Labute approximate surface area is 163 Å². The molecule has 7 nitrogen and oxygen atoms in total. The number of nitrogens with one attached hydrogen (secondary N) is 1. The highest BCUT2D eigenvalue weighted by atomic mass is 32.2. The van der Waals surface area contributed by atoms with Gasteiger partial charge in [0, 0.05) is 24.3 Å². The molecule has 1 aromatic rings. The van der Waals surface area contributed by atoms with Gasteiger partial charge in [-0.1, -0.05) is 50.8 Å². The number of hydrogen-bond donors (Lipinski definition) is 1. The molecular weight excluding hydrogens is 368 g/mol. The summed E-state index contributed by atoms with van der Waals surface area (Å²) in [7, 11) is 1.30. The predicted molar refractivity (Wildman–Crippen MR) is 107 cm³/mol. The number of methoxy groups -OCH3 is 1. The van der Waals surface area contributed by atoms with Gasteiger partial charge in [0.05, 0.1) is 12.0 Å². The molecule has 148 valence electrons. The Morgan fingerprint density at radius 2 is 1.93 bits per heavy atom. The van der Waals surface area contributed by atoms with Crippen LogP contribution in [0.1, 0.15) is 55.8 Å². The largest absolute Gasteiger partial charge is 0.490 e. The fourth-order valence-corrected chi connectivity index (χ4v) is 2.94. The lowest BCUT2D eigenvalue weighted by Crippen LogP contribution is -2.21. The molecule has 0 saturated heterocycles. The van der Waals surface area contributed by atoms with Crippen LogP contribution in [0.2, 0.25) is 0 Å². The van der Waals surface area contributed by atoms with Crippen LogP contribution in [0.25, 0.3) is 0 Å². The van der Waals surface area contributed by atoms with E-state index in [-0.39, 0.29) is 28.0 Å². The maximum Gasteiger partial charge on any atom is 0.310 e. The van der Waals surface area contributed by atoms with Crippen LogP contribution in [0.4, 0.5) is 5.69 Å². The molecule has 0 aromatic heterocycles. The number of rotatable bonds is 12. The summed E-state index contributed by atoms with van der Waals surface area (Å²) in [5.41, 5.74) is 0.0586. The normalized spacial score (nSPS) is 10.7. The first kappa shape index (κ1) is 22.7. The molecule has 0 bridgehead atoms. The zero-order chi connectivity index (χ0) is 20.1. The Bertz CT molecular complexity index is 676. The Balaban J connectivity index is 2.38. The fourth-order valence-electron chi connectivity index (χ4n) is 2.36. The molecule has 1 amide bonds. The number of ether oxygens (including phenoxy) is 1. The average Bonchev–Trinajstić information content (AvgIpc) is 2.66. The molecule has 1 aromatic carbocycles. The van der Waals surface area contributed by atoms with Crippen molar-refractivity contribution in [3.8, 4) is 5.75 Å². The third-order valence-electron chi connectivity index (χ3n) is 3.84. The topological polar surface area (TPSA) is 98.5 Å². The van der Waals surface area contributed by atoms with Gasteiger partial charge in [-0.25, -0.2) is 0 Å². The maximum atomic E-state index is 12.1. The number of carbonyl (C=O) groups is 2. The van der Waals surface area contributed by atoms with Crippen molar-refractivity contribution in [2.45, 2.75) is 45.4 Å². The quantitative estimate of drug-likeness (QED) is 0.243. The Morgan fingerprint density at radius 3 is 2.59 bits per heavy atom. The molecule has 0 radical (unpaired) electrons. The predicted octanol–water partition coefficient (Wildman–Crippen LogP) is 4.47. The molecule has 1 N–H and O–H groups in total. The van der Waals surface area contributed by atoms with Crippen molar-refractivity contribution in [2.75, 3.05) is 13.7 Å². The van der Waals surface area contributed by atoms with E-state index < -0.39 is 4.92 Å². The molecule has 27 heavy (non-hydrogen) atoms. The lowest BCUT2D eigenvalue weighted by Gasteiger charge is -2.04. The molecule has 0 aliphatic heterocycles. The van der Waals surface area contributed by atoms with E-state index in [0.717, 1.165) is 24.6 Å². The van der Waals surface area contributed by atoms with Gasteiger partial charge < -0.3 is 10.1 Å². The van der Waals surface area contributed by atoms with Crippen LogP contribution in [0, 0.1) is 10.1 Å². The van der Waals surface area contributed by atoms with E-state index in [2.05, 4.69) is 12.2 Å². The van der Waals surface area contributed by atoms with Crippen LogP contribution in [0.15, 0.2) is 29.7 Å². The van der Waals surface area contributed by atoms with Gasteiger partial charge in [-0.05, 0) is 24.0 Å². The summed E-state index contributed by atoms with van der Waals surface area (Å²) in [6, 6.07) is 3.91. The molecule has 0 saturated carbocycles. The monoisotopic (exact) mass is 394 g/mol. The Hall–Kier alpha value is -2.35. The number of carbonyl (C=O) groups excluding carboxylic acids is 2. The number of nitrogens with zero attached hydrogens (tertiary/aromatic N) is 1. The summed E-state index contributed by atoms with van der Waals surface area (Å²) in [4.78, 5) is 34.1. The maximum absolute atomic E-state index is 12.1. The highest BCUT2D eigenvalue weighted by Gasteiger charge is 2.17. The lowest BCUT2D eigenvalue weighted by molar-refractivity contribution is -0.385. The molecule has 0 fully saturated rings. The Kier molecular flexibility index (Phi) is 10.9. The van der Waals surface area contributed by atoms with E-state index in [0.29, 0.717) is 6.54 Å². The van der Waals surface area contributed by atoms with Gasteiger partial charge >= 0.3 is 5.69 Å². The lowest BCUT2D eigenvalue weighted by atomic mass is 10.1. The van der Waals surface area contributed by atoms with Crippen molar-refractivity contribution >= 4 is 28.5 Å². The van der Waals surface area contributed by atoms with Gasteiger partial charge in [-0.15, -0.1) is 0 Å². The highest BCUT2D eigenvalue weighted by molar-refractivity contribution is 8.16. The molecule has 1 rings (SSSR count). The first-order valence-electron chi connectivity index (χ1n) is 8.97. The molecule has 0 aliphatic rings. The minimum Gasteiger partial charge on any atom is -0.490 e. The van der Waals surface area contributed by atoms with E-state index in [4.69, 9.17) is 4.74 Å². The van der Waals surface area contributed by atoms with Gasteiger partial charge in [-0.2, -0.15) is 0 Å². The van der Waals surface area contributed by atoms with E-state index in [1.807, 2.05) is 0 Å². The minimum atomic E-state index is -0.575. The number of amides is 1. The van der Waals surface area contributed by atoms with E-state index in [1.165, 1.54) is 62.5 Å². The third-order valence-corrected chi connectivity index (χ3v) is 4.56. The van der Waals surface area contributed by atoms with E-state index in [1.54, 1.807) is 0 Å². The van der Waals surface area contributed by atoms with Crippen molar-refractivity contribution in [2.24, 2.45) is 0 Å². The summed E-state index contributed by atoms with van der Waals surface area (Å²) < 4.78 is 4.94. The van der Waals surface area contributed by atoms with E-state index in [9.17, 15) is 19.7 Å². The van der Waals surface area contributed by atoms with Crippen LogP contribution < -0.4 is 10.1 Å². The van der Waals surface area contributed by atoms with Gasteiger partial charge in [-0.3, -0.25) is 19.7 Å². The van der Waals surface area contributed by atoms with Crippen LogP contribution >= 0.6 is 11.8 Å². The molecule has 0 unspecified atom stereocenters. The summed E-state index contributed by atoms with van der Waals surface area (Å²) in [6.07, 6.45) is 8.23. The smallest absolute Gasteiger partial charge is 0.310 e. The van der Waals surface area contributed by atoms with Crippen molar-refractivity contribution < 1.29 is 19.2 Å². The van der Waals surface area contributed by atoms with Gasteiger partial charge in [0.1, 0.15) is 0 Å². The number of nitro benzene ring substituents is 1. The average molecular weight is 394 g/mol. The molecular formula is C19H26N2O5S. The zero-order valence-corrected chi connectivity index (χ0v) is 16.5. The molecule has 8 heteroatoms. The van der Waals surface area contributed by atoms with Crippen molar-refractivity contribution in [3.63, 3.8) is 0 Å². The first-order valence-corrected chi connectivity index (χ1v) is 9.85. The summed E-state index contributed by atoms with van der Waals surface area (Å²) in [5, 5.41) is 14.7. The molecule has 0 spiro atoms. The molecule has 0 atom stereocenters. The second kappa shape index (κ2) is 12.9. The zero-order valence-electron chi connectivity index (χ0n) is 15.7. The van der Waals surface area contributed by atoms with Crippen LogP contribution in [-0.2, 0) is 4.79 Å². The molecule has 0 heterocycles. The molecule has 0 aliphatic carbocycles. The summed E-state index contributed by atoms with van der Waals surface area (Å²) in [5.74, 6) is -0.225. The summed E-state index contributed by atoms with van der Waals surface area (Å²) >= 11 is 0.838. The van der Waals surface area contributed by atoms with Crippen molar-refractivity contribution in [1.29, 1.82) is 0 Å². The first-order chi connectivity index (χ1) is 13.0. The van der Waals surface area contributed by atoms with Gasteiger partial charge in [0.2, 0.25) is 11.0 Å². The number of nitro groups is 1. The minimum absolute atomic E-state index is 0.0205. The number of hydrogen-bond acceptors (Lipinski definition) is 6. The van der Waals surface area contributed by atoms with E-state index >= 15 is 0 Å². The van der Waals surface area contributed by atoms with Gasteiger partial charge in [0.25, 0.3) is 0 Å². The third kappa shape index (κ3) is 8.72. The number of unbranched alkanes of at least 4 members (excludes halogenated alkanes) is 5. The number of thioether (sulfide) groups is 1. The standard InChI is InChI=1S/C19H26N2O5S/c1-3-4-5-6-7-8-12-20-18(22)11-13-27-19(23)15-9-10-16(21(24)25)17(14-15)26-2/h9-11,13-14H,3-8,12H2,1-2H3,(H,20,22)/b13-11-. The van der Waals surface area contributed by atoms with Crippen molar-refractivity contribution in [1.82, 2.24) is 5.32 Å². The van der Waals surface area contributed by atoms with Crippen LogP contribution in [0.5, 0.6) is 5.75 Å². The second-order valence-electron chi connectivity index (χ2n) is 5.91. The van der Waals surface area contributed by atoms with Crippen LogP contribution in [-0.4, -0.2) is 29.6 Å². The second-order valence-corrected chi connectivity index (χ2v) is 6.79. The highest BCUT2D eigenvalue weighted by Crippen LogP contribution is 2.29. The van der Waals surface area contributed by atoms with Crippen molar-refractivity contribution in [3.05, 3.63) is 45.4 Å². The fraction of sp³-hybridized carbons (Fsp3) is 0.474. The van der Waals surface area contributed by atoms with Gasteiger partial charge in [0.15, 0.2) is 5.75 Å². The summed E-state index contributed by atoms with van der Waals surface area (Å²) in [6.45, 7) is 2.79. The SMILES string of the molecule is CCCCCCCCNC(=O)/C=C\SC(=O)c1ccc([N+](=O)[O-])c(OC)c1. The number of benzene rings is 1. The Morgan fingerprint density at radius 1 is 1.22 bits per heavy atom. The van der Waals surface area contributed by atoms with Crippen LogP contribution in [0.3, 0.4) is 0 Å².